The average molecular weight is 461 g/mol. The van der Waals surface area contributed by atoms with Gasteiger partial charge in [0.1, 0.15) is 18.5 Å². The van der Waals surface area contributed by atoms with Crippen LogP contribution < -0.4 is 4.74 Å². The van der Waals surface area contributed by atoms with E-state index in [1.807, 2.05) is 29.0 Å². The third kappa shape index (κ3) is 5.07. The number of hydrogen-bond acceptors (Lipinski definition) is 4. The summed E-state index contributed by atoms with van der Waals surface area (Å²) in [5.74, 6) is -0.250. The summed E-state index contributed by atoms with van der Waals surface area (Å²) in [4.78, 5) is 4.12. The molecule has 3 aromatic rings. The fourth-order valence-electron chi connectivity index (χ4n) is 3.62. The molecule has 5 nitrogen and oxygen atoms in total. The molecule has 1 aromatic heterocycles. The molecule has 2 atom stereocenters. The first-order valence-corrected chi connectivity index (χ1v) is 11.0. The third-order valence-electron chi connectivity index (χ3n) is 5.31. The summed E-state index contributed by atoms with van der Waals surface area (Å²) in [6.07, 6.45) is 5.05. The predicted octanol–water partition coefficient (Wildman–Crippen LogP) is 5.83. The highest BCUT2D eigenvalue weighted by molar-refractivity contribution is 6.35. The summed E-state index contributed by atoms with van der Waals surface area (Å²) in [7, 11) is 0. The van der Waals surface area contributed by atoms with Crippen LogP contribution in [0.15, 0.2) is 61.2 Å². The van der Waals surface area contributed by atoms with E-state index >= 15 is 0 Å². The van der Waals surface area contributed by atoms with Crippen LogP contribution >= 0.6 is 23.2 Å². The maximum atomic E-state index is 6.51. The van der Waals surface area contributed by atoms with E-state index in [-0.39, 0.29) is 11.5 Å². The molecule has 0 bridgehead atoms. The van der Waals surface area contributed by atoms with Crippen molar-refractivity contribution in [2.45, 2.75) is 44.6 Å². The summed E-state index contributed by atoms with van der Waals surface area (Å²) in [6.45, 7) is 7.72. The van der Waals surface area contributed by atoms with Gasteiger partial charge in [-0.1, -0.05) is 62.2 Å². The lowest BCUT2D eigenvalue weighted by atomic mass is 9.87. The summed E-state index contributed by atoms with van der Waals surface area (Å²) in [6, 6.07) is 13.5. The Hall–Kier alpha value is -2.05. The topological polar surface area (TPSA) is 45.5 Å². The lowest BCUT2D eigenvalue weighted by Gasteiger charge is -2.30. The Morgan fingerprint density at radius 1 is 1.16 bits per heavy atom. The first-order valence-electron chi connectivity index (χ1n) is 10.2. The van der Waals surface area contributed by atoms with Gasteiger partial charge in [-0.05, 0) is 35.2 Å². The predicted molar refractivity (Wildman–Crippen MR) is 122 cm³/mol. The average Bonchev–Trinajstić information content (AvgIpc) is 3.37. The highest BCUT2D eigenvalue weighted by Gasteiger charge is 2.45. The van der Waals surface area contributed by atoms with Crippen molar-refractivity contribution < 1.29 is 14.2 Å². The lowest BCUT2D eigenvalue weighted by Crippen LogP contribution is -2.34. The van der Waals surface area contributed by atoms with Gasteiger partial charge in [0.15, 0.2) is 0 Å². The third-order valence-corrected chi connectivity index (χ3v) is 5.85. The van der Waals surface area contributed by atoms with Crippen molar-refractivity contribution in [3.63, 3.8) is 0 Å². The molecular weight excluding hydrogens is 435 g/mol. The van der Waals surface area contributed by atoms with Gasteiger partial charge >= 0.3 is 0 Å². The highest BCUT2D eigenvalue weighted by Crippen LogP contribution is 2.40. The molecule has 1 aliphatic rings. The molecule has 0 N–H and O–H groups in total. The fraction of sp³-hybridized carbons (Fsp3) is 0.375. The Morgan fingerprint density at radius 3 is 2.58 bits per heavy atom. The number of aromatic nitrogens is 2. The van der Waals surface area contributed by atoms with Crippen molar-refractivity contribution in [2.75, 3.05) is 13.2 Å². The number of hydrogen-bond donors (Lipinski definition) is 0. The molecule has 0 saturated carbocycles. The Balaban J connectivity index is 1.49. The number of ether oxygens (including phenoxy) is 3. The Labute approximate surface area is 192 Å². The van der Waals surface area contributed by atoms with Gasteiger partial charge in [0.2, 0.25) is 5.79 Å². The molecular formula is C24H26Cl2N2O3. The Kier molecular flexibility index (Phi) is 6.31. The second-order valence-corrected chi connectivity index (χ2v) is 9.59. The van der Waals surface area contributed by atoms with E-state index in [2.05, 4.69) is 37.9 Å². The molecule has 2 heterocycles. The number of benzene rings is 2. The van der Waals surface area contributed by atoms with Gasteiger partial charge in [0, 0.05) is 23.0 Å². The number of imidazole rings is 1. The largest absolute Gasteiger partial charge is 0.491 e. The van der Waals surface area contributed by atoms with E-state index in [1.165, 1.54) is 5.56 Å². The van der Waals surface area contributed by atoms with Gasteiger partial charge < -0.3 is 18.8 Å². The molecule has 164 valence electrons. The van der Waals surface area contributed by atoms with E-state index in [9.17, 15) is 0 Å². The Bertz CT molecular complexity index is 1020. The maximum absolute atomic E-state index is 6.51. The van der Waals surface area contributed by atoms with Crippen LogP contribution in [0.3, 0.4) is 0 Å². The van der Waals surface area contributed by atoms with Crippen molar-refractivity contribution in [1.29, 1.82) is 0 Å². The van der Waals surface area contributed by atoms with Gasteiger partial charge in [-0.25, -0.2) is 4.98 Å². The van der Waals surface area contributed by atoms with Crippen molar-refractivity contribution in [3.05, 3.63) is 82.4 Å². The lowest BCUT2D eigenvalue weighted by molar-refractivity contribution is -0.189. The minimum absolute atomic E-state index is 0.103. The monoisotopic (exact) mass is 460 g/mol. The molecule has 0 spiro atoms. The molecule has 1 fully saturated rings. The van der Waals surface area contributed by atoms with Crippen molar-refractivity contribution in [2.24, 2.45) is 0 Å². The summed E-state index contributed by atoms with van der Waals surface area (Å²) in [5.41, 5.74) is 2.09. The Morgan fingerprint density at radius 2 is 1.94 bits per heavy atom. The summed E-state index contributed by atoms with van der Waals surface area (Å²) < 4.78 is 20.5. The molecule has 0 radical (unpaired) electrons. The molecule has 31 heavy (non-hydrogen) atoms. The normalized spacial score (nSPS) is 21.4. The van der Waals surface area contributed by atoms with Gasteiger partial charge in [0.25, 0.3) is 0 Å². The van der Waals surface area contributed by atoms with Crippen LogP contribution in [0.4, 0.5) is 0 Å². The van der Waals surface area contributed by atoms with Crippen LogP contribution in [-0.2, 0) is 27.2 Å². The standard InChI is InChI=1S/C24H26Cl2N2O3/c1-23(2,3)17-4-7-19(8-5-17)29-13-20-14-30-24(31-20,15-28-11-10-27-16-28)21-9-6-18(25)12-22(21)26/h4-12,16,20H,13-15H2,1-3H3. The summed E-state index contributed by atoms with van der Waals surface area (Å²) in [5, 5.41) is 1.05. The second-order valence-electron chi connectivity index (χ2n) is 8.75. The van der Waals surface area contributed by atoms with E-state index < -0.39 is 5.79 Å². The fourth-order valence-corrected chi connectivity index (χ4v) is 4.17. The van der Waals surface area contributed by atoms with E-state index in [1.54, 1.807) is 24.7 Å². The molecule has 4 rings (SSSR count). The zero-order valence-electron chi connectivity index (χ0n) is 17.8. The van der Waals surface area contributed by atoms with Gasteiger partial charge in [-0.2, -0.15) is 0 Å². The zero-order chi connectivity index (χ0) is 22.1. The van der Waals surface area contributed by atoms with Crippen LogP contribution in [0.25, 0.3) is 0 Å². The smallest absolute Gasteiger partial charge is 0.215 e. The van der Waals surface area contributed by atoms with Crippen molar-refractivity contribution in [3.8, 4) is 5.75 Å². The van der Waals surface area contributed by atoms with Crippen molar-refractivity contribution >= 4 is 23.2 Å². The van der Waals surface area contributed by atoms with E-state index in [0.717, 1.165) is 11.3 Å². The molecule has 0 aliphatic carbocycles. The molecule has 0 amide bonds. The van der Waals surface area contributed by atoms with Crippen molar-refractivity contribution in [1.82, 2.24) is 9.55 Å². The maximum Gasteiger partial charge on any atom is 0.215 e. The first-order chi connectivity index (χ1) is 14.7. The van der Waals surface area contributed by atoms with Crippen LogP contribution in [0.5, 0.6) is 5.75 Å². The quantitative estimate of drug-likeness (QED) is 0.463. The minimum Gasteiger partial charge on any atom is -0.491 e. The van der Waals surface area contributed by atoms with Crippen LogP contribution in [-0.4, -0.2) is 28.9 Å². The molecule has 7 heteroatoms. The number of nitrogens with zero attached hydrogens (tertiary/aromatic N) is 2. The summed E-state index contributed by atoms with van der Waals surface area (Å²) >= 11 is 12.6. The zero-order valence-corrected chi connectivity index (χ0v) is 19.4. The van der Waals surface area contributed by atoms with E-state index in [0.29, 0.717) is 29.8 Å². The van der Waals surface area contributed by atoms with Crippen LogP contribution in [0.2, 0.25) is 10.0 Å². The van der Waals surface area contributed by atoms with E-state index in [4.69, 9.17) is 37.4 Å². The van der Waals surface area contributed by atoms with Gasteiger partial charge in [-0.3, -0.25) is 0 Å². The first kappa shape index (κ1) is 22.2. The SMILES string of the molecule is CC(C)(C)c1ccc(OCC2COC(Cn3ccnc3)(c3ccc(Cl)cc3Cl)O2)cc1. The number of rotatable bonds is 6. The van der Waals surface area contributed by atoms with Crippen LogP contribution in [0, 0.1) is 0 Å². The minimum atomic E-state index is -1.05. The van der Waals surface area contributed by atoms with Gasteiger partial charge in [0.05, 0.1) is 24.5 Å². The molecule has 1 saturated heterocycles. The molecule has 2 unspecified atom stereocenters. The number of halogens is 2. The van der Waals surface area contributed by atoms with Crippen LogP contribution in [0.1, 0.15) is 31.9 Å². The molecule has 2 aromatic carbocycles. The molecule has 1 aliphatic heterocycles. The highest BCUT2D eigenvalue weighted by atomic mass is 35.5. The van der Waals surface area contributed by atoms with Gasteiger partial charge in [-0.15, -0.1) is 0 Å². The second kappa shape index (κ2) is 8.83.